The molecule has 1 aliphatic rings. The van der Waals surface area contributed by atoms with Crippen LogP contribution in [0.3, 0.4) is 0 Å². The molecule has 1 saturated heterocycles. The number of hydrogen-bond donors (Lipinski definition) is 2. The van der Waals surface area contributed by atoms with Crippen LogP contribution in [0.1, 0.15) is 57.6 Å². The van der Waals surface area contributed by atoms with Crippen LogP contribution in [0.5, 0.6) is 0 Å². The molecular weight excluding hydrogens is 479 g/mol. The van der Waals surface area contributed by atoms with Crippen LogP contribution < -0.4 is 10.6 Å². The molecule has 2 N–H and O–H groups in total. The largest absolute Gasteiger partial charge is 0.463 e. The highest BCUT2D eigenvalue weighted by molar-refractivity contribution is 14.0. The van der Waals surface area contributed by atoms with Crippen molar-refractivity contribution >= 4 is 35.9 Å². The SMILES string of the molecule is CCNC(=NCc1ccc(CN2CCCCC2)cc1)NCCC(=O)OC(C)C.I. The van der Waals surface area contributed by atoms with Crippen LogP contribution in [0.4, 0.5) is 0 Å². The van der Waals surface area contributed by atoms with Gasteiger partial charge in [0.05, 0.1) is 19.1 Å². The van der Waals surface area contributed by atoms with E-state index in [0.29, 0.717) is 19.5 Å². The molecule has 0 saturated carbocycles. The van der Waals surface area contributed by atoms with Gasteiger partial charge in [0.15, 0.2) is 5.96 Å². The zero-order chi connectivity index (χ0) is 20.2. The number of halogens is 1. The summed E-state index contributed by atoms with van der Waals surface area (Å²) in [6, 6.07) is 8.74. The molecule has 0 radical (unpaired) electrons. The van der Waals surface area contributed by atoms with Crippen LogP contribution >= 0.6 is 24.0 Å². The monoisotopic (exact) mass is 516 g/mol. The molecule has 0 unspecified atom stereocenters. The number of hydrogen-bond acceptors (Lipinski definition) is 4. The van der Waals surface area contributed by atoms with Crippen molar-refractivity contribution in [2.45, 2.75) is 65.6 Å². The van der Waals surface area contributed by atoms with E-state index >= 15 is 0 Å². The topological polar surface area (TPSA) is 66.0 Å². The minimum Gasteiger partial charge on any atom is -0.463 e. The maximum atomic E-state index is 11.6. The summed E-state index contributed by atoms with van der Waals surface area (Å²) in [6.07, 6.45) is 4.26. The van der Waals surface area contributed by atoms with Crippen LogP contribution in [0.25, 0.3) is 0 Å². The summed E-state index contributed by atoms with van der Waals surface area (Å²) >= 11 is 0. The van der Waals surface area contributed by atoms with Gasteiger partial charge in [-0.25, -0.2) is 4.99 Å². The number of carbonyl (C=O) groups excluding carboxylic acids is 1. The normalized spacial score (nSPS) is 15.0. The van der Waals surface area contributed by atoms with Gasteiger partial charge in [0.1, 0.15) is 0 Å². The van der Waals surface area contributed by atoms with Crippen molar-refractivity contribution in [3.63, 3.8) is 0 Å². The van der Waals surface area contributed by atoms with E-state index in [1.807, 2.05) is 20.8 Å². The van der Waals surface area contributed by atoms with Crippen molar-refractivity contribution in [3.8, 4) is 0 Å². The Morgan fingerprint density at radius 1 is 1.10 bits per heavy atom. The number of benzene rings is 1. The highest BCUT2D eigenvalue weighted by atomic mass is 127. The van der Waals surface area contributed by atoms with Crippen LogP contribution in [0.15, 0.2) is 29.3 Å². The molecule has 7 heteroatoms. The molecular formula is C22H37IN4O2. The number of piperidine rings is 1. The summed E-state index contributed by atoms with van der Waals surface area (Å²) in [5.74, 6) is 0.528. The van der Waals surface area contributed by atoms with E-state index in [4.69, 9.17) is 4.74 Å². The molecule has 0 spiro atoms. The number of ether oxygens (including phenoxy) is 1. The molecule has 1 aliphatic heterocycles. The summed E-state index contributed by atoms with van der Waals surface area (Å²) in [4.78, 5) is 18.8. The predicted molar refractivity (Wildman–Crippen MR) is 130 cm³/mol. The number of nitrogens with one attached hydrogen (secondary N) is 2. The van der Waals surface area contributed by atoms with Crippen LogP contribution in [0, 0.1) is 0 Å². The van der Waals surface area contributed by atoms with Crippen LogP contribution in [-0.2, 0) is 22.6 Å². The maximum absolute atomic E-state index is 11.6. The van der Waals surface area contributed by atoms with E-state index in [9.17, 15) is 4.79 Å². The lowest BCUT2D eigenvalue weighted by Gasteiger charge is -2.26. The third-order valence-corrected chi connectivity index (χ3v) is 4.63. The van der Waals surface area contributed by atoms with E-state index in [1.54, 1.807) is 0 Å². The van der Waals surface area contributed by atoms with Crippen molar-refractivity contribution in [3.05, 3.63) is 35.4 Å². The van der Waals surface area contributed by atoms with Gasteiger partial charge in [0.2, 0.25) is 0 Å². The molecule has 0 amide bonds. The van der Waals surface area contributed by atoms with Crippen LogP contribution in [-0.4, -0.2) is 49.1 Å². The average molecular weight is 516 g/mol. The summed E-state index contributed by atoms with van der Waals surface area (Å²) in [5, 5.41) is 6.41. The first-order chi connectivity index (χ1) is 13.6. The zero-order valence-electron chi connectivity index (χ0n) is 18.1. The number of aliphatic imine (C=N–C) groups is 1. The number of likely N-dealkylation sites (tertiary alicyclic amines) is 1. The second kappa shape index (κ2) is 14.6. The maximum Gasteiger partial charge on any atom is 0.307 e. The second-order valence-corrected chi connectivity index (χ2v) is 7.56. The summed E-state index contributed by atoms with van der Waals surface area (Å²) < 4.78 is 5.14. The molecule has 0 bridgehead atoms. The van der Waals surface area contributed by atoms with Gasteiger partial charge in [-0.2, -0.15) is 0 Å². The Kier molecular flexibility index (Phi) is 12.9. The first kappa shape index (κ1) is 25.7. The van der Waals surface area contributed by atoms with Gasteiger partial charge in [-0.15, -0.1) is 24.0 Å². The Hall–Kier alpha value is -1.35. The van der Waals surface area contributed by atoms with Gasteiger partial charge in [0, 0.05) is 19.6 Å². The Morgan fingerprint density at radius 2 is 1.76 bits per heavy atom. The van der Waals surface area contributed by atoms with E-state index in [-0.39, 0.29) is 36.0 Å². The van der Waals surface area contributed by atoms with Gasteiger partial charge >= 0.3 is 5.97 Å². The van der Waals surface area contributed by atoms with Gasteiger partial charge in [-0.3, -0.25) is 9.69 Å². The smallest absolute Gasteiger partial charge is 0.307 e. The first-order valence-electron chi connectivity index (χ1n) is 10.6. The molecule has 1 fully saturated rings. The number of nitrogens with zero attached hydrogens (tertiary/aromatic N) is 2. The molecule has 1 aromatic carbocycles. The number of rotatable bonds is 9. The van der Waals surface area contributed by atoms with Crippen molar-refractivity contribution in [1.29, 1.82) is 0 Å². The number of esters is 1. The van der Waals surface area contributed by atoms with Gasteiger partial charge in [-0.05, 0) is 57.8 Å². The quantitative estimate of drug-likeness (QED) is 0.227. The Morgan fingerprint density at radius 3 is 2.38 bits per heavy atom. The second-order valence-electron chi connectivity index (χ2n) is 7.56. The fourth-order valence-corrected chi connectivity index (χ4v) is 3.24. The summed E-state index contributed by atoms with van der Waals surface area (Å²) in [5.41, 5.74) is 2.54. The number of guanidine groups is 1. The van der Waals surface area contributed by atoms with Crippen LogP contribution in [0.2, 0.25) is 0 Å². The average Bonchev–Trinajstić information content (AvgIpc) is 2.67. The Bertz CT molecular complexity index is 614. The number of carbonyl (C=O) groups is 1. The van der Waals surface area contributed by atoms with E-state index < -0.39 is 0 Å². The lowest BCUT2D eigenvalue weighted by Crippen LogP contribution is -2.38. The zero-order valence-corrected chi connectivity index (χ0v) is 20.4. The third kappa shape index (κ3) is 10.8. The fraction of sp³-hybridized carbons (Fsp3) is 0.636. The van der Waals surface area contributed by atoms with Crippen molar-refractivity contribution in [2.24, 2.45) is 4.99 Å². The highest BCUT2D eigenvalue weighted by Gasteiger charge is 2.10. The van der Waals surface area contributed by atoms with E-state index in [0.717, 1.165) is 19.0 Å². The molecule has 164 valence electrons. The standard InChI is InChI=1S/C22H36N4O2.HI/c1-4-23-22(24-13-12-21(27)28-18(2)3)25-16-19-8-10-20(11-9-19)17-26-14-6-5-7-15-26;/h8-11,18H,4-7,12-17H2,1-3H3,(H2,23,24,25);1H. The molecule has 29 heavy (non-hydrogen) atoms. The lowest BCUT2D eigenvalue weighted by molar-refractivity contribution is -0.147. The van der Waals surface area contributed by atoms with E-state index in [2.05, 4.69) is 44.8 Å². The minimum atomic E-state index is -0.192. The fourth-order valence-electron chi connectivity index (χ4n) is 3.24. The third-order valence-electron chi connectivity index (χ3n) is 4.63. The van der Waals surface area contributed by atoms with Gasteiger partial charge < -0.3 is 15.4 Å². The molecule has 2 rings (SSSR count). The summed E-state index contributed by atoms with van der Waals surface area (Å²) in [6.45, 7) is 11.1. The molecule has 0 atom stereocenters. The minimum absolute atomic E-state index is 0. The van der Waals surface area contributed by atoms with E-state index in [1.165, 1.54) is 43.5 Å². The molecule has 1 heterocycles. The predicted octanol–water partition coefficient (Wildman–Crippen LogP) is 3.69. The molecule has 0 aliphatic carbocycles. The Balaban J connectivity index is 0.00000420. The van der Waals surface area contributed by atoms with Gasteiger partial charge in [0.25, 0.3) is 0 Å². The Labute approximate surface area is 192 Å². The van der Waals surface area contributed by atoms with Gasteiger partial charge in [-0.1, -0.05) is 30.7 Å². The summed E-state index contributed by atoms with van der Waals surface area (Å²) in [7, 11) is 0. The molecule has 6 nitrogen and oxygen atoms in total. The lowest BCUT2D eigenvalue weighted by atomic mass is 10.1. The highest BCUT2D eigenvalue weighted by Crippen LogP contribution is 2.14. The van der Waals surface area contributed by atoms with Crippen molar-refractivity contribution in [2.75, 3.05) is 26.2 Å². The van der Waals surface area contributed by atoms with Crippen molar-refractivity contribution in [1.82, 2.24) is 15.5 Å². The first-order valence-corrected chi connectivity index (χ1v) is 10.6. The molecule has 1 aromatic rings. The van der Waals surface area contributed by atoms with Crippen molar-refractivity contribution < 1.29 is 9.53 Å². The molecule has 0 aromatic heterocycles.